The summed E-state index contributed by atoms with van der Waals surface area (Å²) in [4.78, 5) is 0. The molecule has 1 atom stereocenters. The molecule has 0 aliphatic carbocycles. The lowest BCUT2D eigenvalue weighted by atomic mass is 10.1. The van der Waals surface area contributed by atoms with Crippen LogP contribution in [0.2, 0.25) is 0 Å². The van der Waals surface area contributed by atoms with Crippen molar-refractivity contribution in [1.82, 2.24) is 0 Å². The first kappa shape index (κ1) is 13.4. The maximum absolute atomic E-state index is 13.1. The predicted molar refractivity (Wildman–Crippen MR) is 59.0 cm³/mol. The molecule has 0 saturated carbocycles. The lowest BCUT2D eigenvalue weighted by Gasteiger charge is -2.18. The van der Waals surface area contributed by atoms with Crippen LogP contribution in [0.5, 0.6) is 5.75 Å². The summed E-state index contributed by atoms with van der Waals surface area (Å²) in [5.41, 5.74) is 0.438. The smallest absolute Gasteiger partial charge is 0.124 e. The molecule has 0 fully saturated rings. The van der Waals surface area contributed by atoms with Crippen LogP contribution in [0.15, 0.2) is 18.2 Å². The average molecular weight is 239 g/mol. The first-order valence-corrected chi connectivity index (χ1v) is 5.15. The summed E-state index contributed by atoms with van der Waals surface area (Å²) in [6.45, 7) is -0.118. The van der Waals surface area contributed by atoms with Crippen LogP contribution in [0.4, 0.5) is 4.39 Å². The highest BCUT2D eigenvalue weighted by Crippen LogP contribution is 2.28. The maximum atomic E-state index is 13.1. The van der Waals surface area contributed by atoms with E-state index in [0.29, 0.717) is 11.3 Å². The third-order valence-electron chi connectivity index (χ3n) is 2.24. The molecule has 0 heterocycles. The summed E-state index contributed by atoms with van der Waals surface area (Å²) >= 11 is 0. The van der Waals surface area contributed by atoms with E-state index in [1.165, 1.54) is 25.3 Å². The van der Waals surface area contributed by atoms with Gasteiger partial charge in [0.05, 0.1) is 32.8 Å². The van der Waals surface area contributed by atoms with Gasteiger partial charge in [-0.1, -0.05) is 0 Å². The van der Waals surface area contributed by atoms with Crippen LogP contribution in [0.3, 0.4) is 0 Å². The van der Waals surface area contributed by atoms with Gasteiger partial charge in [0.25, 0.3) is 0 Å². The van der Waals surface area contributed by atoms with E-state index in [1.807, 2.05) is 6.07 Å². The molecule has 5 heteroatoms. The normalized spacial score (nSPS) is 11.9. The van der Waals surface area contributed by atoms with Gasteiger partial charge in [-0.15, -0.1) is 0 Å². The Morgan fingerprint density at radius 2 is 2.29 bits per heavy atom. The van der Waals surface area contributed by atoms with Crippen LogP contribution < -0.4 is 4.74 Å². The molecule has 0 unspecified atom stereocenters. The van der Waals surface area contributed by atoms with Crippen molar-refractivity contribution in [3.63, 3.8) is 0 Å². The van der Waals surface area contributed by atoms with Crippen LogP contribution in [-0.2, 0) is 4.74 Å². The zero-order valence-corrected chi connectivity index (χ0v) is 9.52. The summed E-state index contributed by atoms with van der Waals surface area (Å²) in [5.74, 6) is 0.0190. The third kappa shape index (κ3) is 3.70. The Balaban J connectivity index is 2.86. The molecule has 17 heavy (non-hydrogen) atoms. The average Bonchev–Trinajstić information content (AvgIpc) is 2.35. The number of aliphatic hydroxyl groups excluding tert-OH is 1. The van der Waals surface area contributed by atoms with Crippen molar-refractivity contribution in [1.29, 1.82) is 5.26 Å². The first-order valence-electron chi connectivity index (χ1n) is 5.15. The van der Waals surface area contributed by atoms with Crippen LogP contribution in [0, 0.1) is 17.1 Å². The van der Waals surface area contributed by atoms with Gasteiger partial charge in [0.15, 0.2) is 0 Å². The van der Waals surface area contributed by atoms with Gasteiger partial charge in [-0.25, -0.2) is 4.39 Å². The second-order valence-corrected chi connectivity index (χ2v) is 3.34. The Bertz CT molecular complexity index is 403. The van der Waals surface area contributed by atoms with Crippen LogP contribution in [-0.4, -0.2) is 25.4 Å². The van der Waals surface area contributed by atoms with E-state index in [-0.39, 0.29) is 19.6 Å². The van der Waals surface area contributed by atoms with Crippen molar-refractivity contribution in [2.45, 2.75) is 12.5 Å². The summed E-state index contributed by atoms with van der Waals surface area (Å²) < 4.78 is 23.5. The first-order chi connectivity index (χ1) is 8.22. The molecule has 0 radical (unpaired) electrons. The van der Waals surface area contributed by atoms with E-state index in [0.717, 1.165) is 0 Å². The standard InChI is InChI=1S/C12H14FNO3/c1-16-11-4-3-9(13)7-10(11)12(8-15)17-6-2-5-14/h3-4,7,12,15H,2,6,8H2,1H3/t12-/m0/s1. The van der Waals surface area contributed by atoms with Gasteiger partial charge >= 0.3 is 0 Å². The number of methoxy groups -OCH3 is 1. The van der Waals surface area contributed by atoms with E-state index in [1.54, 1.807) is 0 Å². The highest BCUT2D eigenvalue weighted by atomic mass is 19.1. The molecule has 1 aromatic rings. The van der Waals surface area contributed by atoms with Gasteiger partial charge in [-0.2, -0.15) is 5.26 Å². The summed E-state index contributed by atoms with van der Waals surface area (Å²) in [6.07, 6.45) is -0.470. The van der Waals surface area contributed by atoms with Crippen molar-refractivity contribution >= 4 is 0 Å². The van der Waals surface area contributed by atoms with E-state index in [2.05, 4.69) is 0 Å². The zero-order valence-electron chi connectivity index (χ0n) is 9.52. The lowest BCUT2D eigenvalue weighted by Crippen LogP contribution is -2.11. The number of ether oxygens (including phenoxy) is 2. The Morgan fingerprint density at radius 3 is 2.88 bits per heavy atom. The number of rotatable bonds is 6. The molecule has 0 aromatic heterocycles. The van der Waals surface area contributed by atoms with Crippen molar-refractivity contribution < 1.29 is 19.0 Å². The van der Waals surface area contributed by atoms with E-state index >= 15 is 0 Å². The van der Waals surface area contributed by atoms with Crippen molar-refractivity contribution in [3.8, 4) is 11.8 Å². The lowest BCUT2D eigenvalue weighted by molar-refractivity contribution is 0.0131. The van der Waals surface area contributed by atoms with Gasteiger partial charge in [-0.3, -0.25) is 0 Å². The second kappa shape index (κ2) is 6.84. The monoisotopic (exact) mass is 239 g/mol. The second-order valence-electron chi connectivity index (χ2n) is 3.34. The predicted octanol–water partition coefficient (Wildman–Crippen LogP) is 1.80. The van der Waals surface area contributed by atoms with Gasteiger partial charge in [0.2, 0.25) is 0 Å². The SMILES string of the molecule is COc1ccc(F)cc1[C@H](CO)OCCC#N. The molecule has 92 valence electrons. The van der Waals surface area contributed by atoms with Crippen LogP contribution >= 0.6 is 0 Å². The minimum Gasteiger partial charge on any atom is -0.496 e. The molecular weight excluding hydrogens is 225 g/mol. The molecule has 0 amide bonds. The topological polar surface area (TPSA) is 62.5 Å². The van der Waals surface area contributed by atoms with E-state index < -0.39 is 11.9 Å². The molecule has 1 aromatic carbocycles. The fourth-order valence-corrected chi connectivity index (χ4v) is 1.44. The molecule has 1 N–H and O–H groups in total. The van der Waals surface area contributed by atoms with Gasteiger partial charge in [0.1, 0.15) is 17.7 Å². The number of benzene rings is 1. The largest absolute Gasteiger partial charge is 0.496 e. The Morgan fingerprint density at radius 1 is 1.53 bits per heavy atom. The van der Waals surface area contributed by atoms with E-state index in [9.17, 15) is 9.50 Å². The number of aliphatic hydroxyl groups is 1. The molecule has 0 bridgehead atoms. The van der Waals surface area contributed by atoms with Crippen LogP contribution in [0.1, 0.15) is 18.1 Å². The molecular formula is C12H14FNO3. The number of nitriles is 1. The molecule has 0 aliphatic rings. The number of halogens is 1. The fourth-order valence-electron chi connectivity index (χ4n) is 1.44. The Labute approximate surface area is 99.2 Å². The van der Waals surface area contributed by atoms with Crippen molar-refractivity contribution in [2.24, 2.45) is 0 Å². The quantitative estimate of drug-likeness (QED) is 0.769. The summed E-state index contributed by atoms with van der Waals surface area (Å²) in [5, 5.41) is 17.6. The van der Waals surface area contributed by atoms with Crippen molar-refractivity contribution in [2.75, 3.05) is 20.3 Å². The number of hydrogen-bond acceptors (Lipinski definition) is 4. The third-order valence-corrected chi connectivity index (χ3v) is 2.24. The number of hydrogen-bond donors (Lipinski definition) is 1. The highest BCUT2D eigenvalue weighted by Gasteiger charge is 2.16. The minimum absolute atomic E-state index is 0.182. The fraction of sp³-hybridized carbons (Fsp3) is 0.417. The zero-order chi connectivity index (χ0) is 12.7. The summed E-state index contributed by atoms with van der Waals surface area (Å²) in [6, 6.07) is 5.93. The van der Waals surface area contributed by atoms with Crippen molar-refractivity contribution in [3.05, 3.63) is 29.6 Å². The van der Waals surface area contributed by atoms with Gasteiger partial charge in [-0.05, 0) is 18.2 Å². The van der Waals surface area contributed by atoms with Crippen LogP contribution in [0.25, 0.3) is 0 Å². The molecule has 0 saturated heterocycles. The molecule has 0 aliphatic heterocycles. The molecule has 4 nitrogen and oxygen atoms in total. The van der Waals surface area contributed by atoms with Gasteiger partial charge < -0.3 is 14.6 Å². The summed E-state index contributed by atoms with van der Waals surface area (Å²) in [7, 11) is 1.46. The Hall–Kier alpha value is -1.64. The van der Waals surface area contributed by atoms with Gasteiger partial charge in [0, 0.05) is 5.56 Å². The maximum Gasteiger partial charge on any atom is 0.124 e. The highest BCUT2D eigenvalue weighted by molar-refractivity contribution is 5.35. The van der Waals surface area contributed by atoms with E-state index in [4.69, 9.17) is 14.7 Å². The number of nitrogens with zero attached hydrogens (tertiary/aromatic N) is 1. The molecule has 0 spiro atoms. The Kier molecular flexibility index (Phi) is 5.40. The molecule has 1 rings (SSSR count). The minimum atomic E-state index is -0.686.